The monoisotopic (exact) mass is 210 g/mol. The summed E-state index contributed by atoms with van der Waals surface area (Å²) in [6.45, 7) is 2.20. The highest BCUT2D eigenvalue weighted by molar-refractivity contribution is 6.31. The quantitative estimate of drug-likeness (QED) is 0.753. The van der Waals surface area contributed by atoms with E-state index in [0.717, 1.165) is 17.3 Å². The smallest absolute Gasteiger partial charge is 0.0577 e. The van der Waals surface area contributed by atoms with Crippen LogP contribution >= 0.6 is 11.6 Å². The Morgan fingerprint density at radius 1 is 1.50 bits per heavy atom. The fourth-order valence-corrected chi connectivity index (χ4v) is 1.80. The minimum Gasteiger partial charge on any atom is -0.397 e. The lowest BCUT2D eigenvalue weighted by molar-refractivity contribution is 0.694. The molecule has 1 aliphatic rings. The molecule has 2 rings (SSSR count). The van der Waals surface area contributed by atoms with Crippen LogP contribution in [0, 0.1) is 5.92 Å². The molecular weight excluding hydrogens is 196 g/mol. The molecule has 0 aliphatic heterocycles. The van der Waals surface area contributed by atoms with E-state index >= 15 is 0 Å². The van der Waals surface area contributed by atoms with Crippen molar-refractivity contribution in [2.24, 2.45) is 5.92 Å². The summed E-state index contributed by atoms with van der Waals surface area (Å²) in [4.78, 5) is 0. The van der Waals surface area contributed by atoms with Crippen molar-refractivity contribution in [1.82, 2.24) is 0 Å². The van der Waals surface area contributed by atoms with Gasteiger partial charge in [0.05, 0.1) is 11.4 Å². The van der Waals surface area contributed by atoms with Crippen molar-refractivity contribution < 1.29 is 0 Å². The van der Waals surface area contributed by atoms with Gasteiger partial charge in [-0.25, -0.2) is 0 Å². The van der Waals surface area contributed by atoms with Gasteiger partial charge in [-0.3, -0.25) is 0 Å². The zero-order valence-electron chi connectivity index (χ0n) is 8.26. The third kappa shape index (κ3) is 2.13. The molecule has 0 bridgehead atoms. The van der Waals surface area contributed by atoms with E-state index in [4.69, 9.17) is 17.3 Å². The van der Waals surface area contributed by atoms with Crippen molar-refractivity contribution in [3.05, 3.63) is 23.2 Å². The molecule has 1 saturated carbocycles. The molecule has 1 atom stereocenters. The lowest BCUT2D eigenvalue weighted by Crippen LogP contribution is -2.18. The number of nitrogens with one attached hydrogen (secondary N) is 1. The van der Waals surface area contributed by atoms with Crippen molar-refractivity contribution in [1.29, 1.82) is 0 Å². The van der Waals surface area contributed by atoms with Gasteiger partial charge in [0.15, 0.2) is 0 Å². The topological polar surface area (TPSA) is 38.0 Å². The summed E-state index contributed by atoms with van der Waals surface area (Å²) in [5.74, 6) is 0.824. The molecule has 1 aliphatic carbocycles. The summed E-state index contributed by atoms with van der Waals surface area (Å²) in [5, 5.41) is 4.10. The van der Waals surface area contributed by atoms with Crippen LogP contribution in [0.2, 0.25) is 5.02 Å². The third-order valence-corrected chi connectivity index (χ3v) is 2.96. The number of nitrogen functional groups attached to an aromatic ring is 1. The number of nitrogens with two attached hydrogens (primary N) is 1. The molecule has 0 heterocycles. The predicted octanol–water partition coefficient (Wildman–Crippen LogP) is 3.13. The van der Waals surface area contributed by atoms with Crippen LogP contribution in [0.4, 0.5) is 11.4 Å². The molecule has 0 radical (unpaired) electrons. The summed E-state index contributed by atoms with van der Waals surface area (Å²) in [5.41, 5.74) is 7.56. The Balaban J connectivity index is 2.07. The van der Waals surface area contributed by atoms with Gasteiger partial charge in [0.2, 0.25) is 0 Å². The molecule has 1 unspecified atom stereocenters. The van der Waals surface area contributed by atoms with Crippen molar-refractivity contribution in [2.45, 2.75) is 25.8 Å². The van der Waals surface area contributed by atoms with Crippen LogP contribution in [0.3, 0.4) is 0 Å². The largest absolute Gasteiger partial charge is 0.397 e. The highest BCUT2D eigenvalue weighted by atomic mass is 35.5. The first-order chi connectivity index (χ1) is 6.66. The average Bonchev–Trinajstić information content (AvgIpc) is 2.92. The second kappa shape index (κ2) is 3.70. The van der Waals surface area contributed by atoms with Gasteiger partial charge in [0.1, 0.15) is 0 Å². The molecule has 3 N–H and O–H groups in total. The van der Waals surface area contributed by atoms with Gasteiger partial charge in [-0.05, 0) is 43.9 Å². The molecular formula is C11H15ClN2. The number of anilines is 2. The molecule has 0 spiro atoms. The zero-order chi connectivity index (χ0) is 10.1. The van der Waals surface area contributed by atoms with E-state index < -0.39 is 0 Å². The molecule has 2 nitrogen and oxygen atoms in total. The van der Waals surface area contributed by atoms with Gasteiger partial charge in [-0.15, -0.1) is 0 Å². The van der Waals surface area contributed by atoms with E-state index in [1.54, 1.807) is 6.07 Å². The number of rotatable bonds is 3. The average molecular weight is 211 g/mol. The molecule has 3 heteroatoms. The zero-order valence-corrected chi connectivity index (χ0v) is 9.01. The summed E-state index contributed by atoms with van der Waals surface area (Å²) in [6, 6.07) is 6.10. The molecule has 76 valence electrons. The molecule has 1 aromatic carbocycles. The first-order valence-electron chi connectivity index (χ1n) is 4.98. The van der Waals surface area contributed by atoms with Crippen LogP contribution in [0.5, 0.6) is 0 Å². The highest BCUT2D eigenvalue weighted by Gasteiger charge is 2.27. The molecule has 0 saturated heterocycles. The van der Waals surface area contributed by atoms with Crippen molar-refractivity contribution in [3.63, 3.8) is 0 Å². The third-order valence-electron chi connectivity index (χ3n) is 2.73. The van der Waals surface area contributed by atoms with E-state index in [0.29, 0.717) is 11.1 Å². The first-order valence-corrected chi connectivity index (χ1v) is 5.36. The summed E-state index contributed by atoms with van der Waals surface area (Å²) >= 11 is 5.82. The highest BCUT2D eigenvalue weighted by Crippen LogP contribution is 2.35. The van der Waals surface area contributed by atoms with Gasteiger partial charge in [-0.1, -0.05) is 11.6 Å². The Bertz CT molecular complexity index is 334. The molecule has 0 amide bonds. The first kappa shape index (κ1) is 9.66. The lowest BCUT2D eigenvalue weighted by Gasteiger charge is -2.16. The Kier molecular flexibility index (Phi) is 2.55. The van der Waals surface area contributed by atoms with Gasteiger partial charge in [-0.2, -0.15) is 0 Å². The van der Waals surface area contributed by atoms with Gasteiger partial charge >= 0.3 is 0 Å². The maximum atomic E-state index is 5.84. The van der Waals surface area contributed by atoms with Crippen molar-refractivity contribution >= 4 is 23.0 Å². The minimum atomic E-state index is 0.512. The van der Waals surface area contributed by atoms with E-state index in [9.17, 15) is 0 Å². The molecule has 14 heavy (non-hydrogen) atoms. The standard InChI is InChI=1S/C11H15ClN2/c1-7(8-2-3-8)14-11-5-4-9(12)6-10(11)13/h4-8,14H,2-3,13H2,1H3. The minimum absolute atomic E-state index is 0.512. The Morgan fingerprint density at radius 3 is 2.79 bits per heavy atom. The Labute approximate surface area is 89.4 Å². The Hall–Kier alpha value is -0.890. The van der Waals surface area contributed by atoms with Crippen LogP contribution < -0.4 is 11.1 Å². The molecule has 0 aromatic heterocycles. The van der Waals surface area contributed by atoms with Gasteiger partial charge in [0.25, 0.3) is 0 Å². The van der Waals surface area contributed by atoms with Crippen LogP contribution in [0.1, 0.15) is 19.8 Å². The fourth-order valence-electron chi connectivity index (χ4n) is 1.62. The Morgan fingerprint density at radius 2 is 2.21 bits per heavy atom. The van der Waals surface area contributed by atoms with E-state index in [-0.39, 0.29) is 0 Å². The van der Waals surface area contributed by atoms with Crippen LogP contribution in [-0.2, 0) is 0 Å². The second-order valence-electron chi connectivity index (χ2n) is 4.00. The van der Waals surface area contributed by atoms with Crippen LogP contribution in [0.25, 0.3) is 0 Å². The summed E-state index contributed by atoms with van der Waals surface area (Å²) < 4.78 is 0. The number of halogens is 1. The van der Waals surface area contributed by atoms with Crippen molar-refractivity contribution in [3.8, 4) is 0 Å². The van der Waals surface area contributed by atoms with Gasteiger partial charge < -0.3 is 11.1 Å². The SMILES string of the molecule is CC(Nc1ccc(Cl)cc1N)C1CC1. The number of hydrogen-bond acceptors (Lipinski definition) is 2. The number of hydrogen-bond donors (Lipinski definition) is 2. The summed E-state index contributed by atoms with van der Waals surface area (Å²) in [6.07, 6.45) is 2.67. The van der Waals surface area contributed by atoms with Crippen LogP contribution in [-0.4, -0.2) is 6.04 Å². The predicted molar refractivity (Wildman–Crippen MR) is 61.7 cm³/mol. The van der Waals surface area contributed by atoms with Crippen LogP contribution in [0.15, 0.2) is 18.2 Å². The molecule has 1 aromatic rings. The van der Waals surface area contributed by atoms with E-state index in [1.807, 2.05) is 12.1 Å². The normalized spacial score (nSPS) is 17.9. The second-order valence-corrected chi connectivity index (χ2v) is 4.44. The fraction of sp³-hybridized carbons (Fsp3) is 0.455. The van der Waals surface area contributed by atoms with E-state index in [1.165, 1.54) is 12.8 Å². The van der Waals surface area contributed by atoms with Crippen molar-refractivity contribution in [2.75, 3.05) is 11.1 Å². The lowest BCUT2D eigenvalue weighted by atomic mass is 10.2. The number of benzene rings is 1. The molecule has 1 fully saturated rings. The van der Waals surface area contributed by atoms with Gasteiger partial charge in [0, 0.05) is 11.1 Å². The summed E-state index contributed by atoms with van der Waals surface area (Å²) in [7, 11) is 0. The maximum absolute atomic E-state index is 5.84. The van der Waals surface area contributed by atoms with E-state index in [2.05, 4.69) is 12.2 Å². The maximum Gasteiger partial charge on any atom is 0.0577 e.